The van der Waals surface area contributed by atoms with Crippen LogP contribution in [0.15, 0.2) is 18.5 Å². The van der Waals surface area contributed by atoms with Crippen LogP contribution in [0, 0.1) is 5.41 Å². The lowest BCUT2D eigenvalue weighted by molar-refractivity contribution is 0.688. The number of nitrogens with zero attached hydrogens (tertiary/aromatic N) is 2. The Morgan fingerprint density at radius 1 is 1.62 bits per heavy atom. The lowest BCUT2D eigenvalue weighted by Crippen LogP contribution is -2.34. The van der Waals surface area contributed by atoms with Gasteiger partial charge >= 0.3 is 0 Å². The van der Waals surface area contributed by atoms with Crippen molar-refractivity contribution in [1.29, 1.82) is 5.41 Å². The van der Waals surface area contributed by atoms with Crippen molar-refractivity contribution >= 4 is 23.1 Å². The molecule has 0 unspecified atom stereocenters. The summed E-state index contributed by atoms with van der Waals surface area (Å²) in [5.41, 5.74) is 6.31. The van der Waals surface area contributed by atoms with Gasteiger partial charge in [0.25, 0.3) is 0 Å². The third-order valence-electron chi connectivity index (χ3n) is 2.31. The van der Waals surface area contributed by atoms with Crippen molar-refractivity contribution in [3.05, 3.63) is 23.5 Å². The van der Waals surface area contributed by atoms with Crippen molar-refractivity contribution in [2.24, 2.45) is 5.73 Å². The molecule has 5 heteroatoms. The summed E-state index contributed by atoms with van der Waals surface area (Å²) in [5.74, 6) is 0.191. The zero-order valence-electron chi connectivity index (χ0n) is 9.57. The molecule has 3 N–H and O–H groups in total. The normalized spacial score (nSPS) is 10.5. The molecule has 0 saturated carbocycles. The van der Waals surface area contributed by atoms with Gasteiger partial charge in [0.05, 0.1) is 16.5 Å². The fourth-order valence-corrected chi connectivity index (χ4v) is 1.73. The van der Waals surface area contributed by atoms with E-state index >= 15 is 0 Å². The van der Waals surface area contributed by atoms with Gasteiger partial charge in [0.2, 0.25) is 0 Å². The predicted octanol–water partition coefficient (Wildman–Crippen LogP) is 2.28. The van der Waals surface area contributed by atoms with E-state index < -0.39 is 0 Å². The largest absolute Gasteiger partial charge is 0.388 e. The van der Waals surface area contributed by atoms with E-state index in [1.807, 2.05) is 6.07 Å². The lowest BCUT2D eigenvalue weighted by atomic mass is 10.2. The standard InChI is InChI=1S/C11H17ClN4/c1-8(2)16(6-4-11(13)14)10-3-5-15-7-9(10)12/h3,5,7-8H,4,6H2,1-2H3,(H3,13,14). The lowest BCUT2D eigenvalue weighted by Gasteiger charge is -2.29. The molecule has 0 aliphatic carbocycles. The molecule has 0 amide bonds. The Morgan fingerprint density at radius 2 is 2.31 bits per heavy atom. The molecule has 1 rings (SSSR count). The van der Waals surface area contributed by atoms with Crippen LogP contribution in [0.25, 0.3) is 0 Å². The van der Waals surface area contributed by atoms with Crippen LogP contribution in [0.3, 0.4) is 0 Å². The molecule has 0 radical (unpaired) electrons. The maximum absolute atomic E-state index is 7.25. The molecule has 1 aromatic heterocycles. The summed E-state index contributed by atoms with van der Waals surface area (Å²) in [5, 5.41) is 7.88. The fraction of sp³-hybridized carbons (Fsp3) is 0.455. The van der Waals surface area contributed by atoms with Gasteiger partial charge in [-0.3, -0.25) is 10.4 Å². The minimum Gasteiger partial charge on any atom is -0.388 e. The minimum atomic E-state index is 0.191. The molecule has 0 bridgehead atoms. The molecule has 1 aromatic rings. The minimum absolute atomic E-state index is 0.191. The molecule has 0 saturated heterocycles. The monoisotopic (exact) mass is 240 g/mol. The van der Waals surface area contributed by atoms with Crippen LogP contribution in [0.1, 0.15) is 20.3 Å². The summed E-state index contributed by atoms with van der Waals surface area (Å²) in [7, 11) is 0. The van der Waals surface area contributed by atoms with E-state index in [-0.39, 0.29) is 5.84 Å². The summed E-state index contributed by atoms with van der Waals surface area (Å²) < 4.78 is 0. The van der Waals surface area contributed by atoms with Crippen LogP contribution in [0.2, 0.25) is 5.02 Å². The highest BCUT2D eigenvalue weighted by Gasteiger charge is 2.13. The third kappa shape index (κ3) is 3.38. The van der Waals surface area contributed by atoms with Crippen molar-refractivity contribution in [1.82, 2.24) is 4.98 Å². The molecule has 0 aliphatic rings. The van der Waals surface area contributed by atoms with Crippen LogP contribution < -0.4 is 10.6 Å². The van der Waals surface area contributed by atoms with Crippen molar-refractivity contribution < 1.29 is 0 Å². The first-order chi connectivity index (χ1) is 7.52. The van der Waals surface area contributed by atoms with Gasteiger partial charge in [-0.15, -0.1) is 0 Å². The number of hydrogen-bond donors (Lipinski definition) is 2. The Hall–Kier alpha value is -1.29. The number of hydrogen-bond acceptors (Lipinski definition) is 3. The summed E-state index contributed by atoms with van der Waals surface area (Å²) in [4.78, 5) is 6.07. The van der Waals surface area contributed by atoms with Crippen LogP contribution in [0.5, 0.6) is 0 Å². The summed E-state index contributed by atoms with van der Waals surface area (Å²) in [6.07, 6.45) is 3.88. The van der Waals surface area contributed by atoms with E-state index in [2.05, 4.69) is 23.7 Å². The first-order valence-electron chi connectivity index (χ1n) is 5.21. The number of pyridine rings is 1. The van der Waals surface area contributed by atoms with Gasteiger partial charge in [0.1, 0.15) is 0 Å². The van der Waals surface area contributed by atoms with Gasteiger partial charge in [-0.05, 0) is 19.9 Å². The van der Waals surface area contributed by atoms with Gasteiger partial charge in [0, 0.05) is 31.4 Å². The molecular weight excluding hydrogens is 224 g/mol. The van der Waals surface area contributed by atoms with E-state index in [0.29, 0.717) is 24.0 Å². The quantitative estimate of drug-likeness (QED) is 0.613. The second-order valence-electron chi connectivity index (χ2n) is 3.89. The summed E-state index contributed by atoms with van der Waals surface area (Å²) in [6, 6.07) is 2.18. The summed E-state index contributed by atoms with van der Waals surface area (Å²) >= 11 is 6.09. The number of aromatic nitrogens is 1. The molecule has 1 heterocycles. The van der Waals surface area contributed by atoms with Crippen LogP contribution in [0.4, 0.5) is 5.69 Å². The van der Waals surface area contributed by atoms with Gasteiger partial charge in [-0.1, -0.05) is 11.6 Å². The molecular formula is C11H17ClN4. The average Bonchev–Trinajstić information content (AvgIpc) is 2.20. The second kappa shape index (κ2) is 5.70. The maximum atomic E-state index is 7.25. The Morgan fingerprint density at radius 3 is 2.81 bits per heavy atom. The van der Waals surface area contributed by atoms with E-state index in [1.165, 1.54) is 0 Å². The van der Waals surface area contributed by atoms with E-state index in [9.17, 15) is 0 Å². The number of halogens is 1. The highest BCUT2D eigenvalue weighted by atomic mass is 35.5. The molecule has 0 fully saturated rings. The number of rotatable bonds is 5. The van der Waals surface area contributed by atoms with Gasteiger partial charge < -0.3 is 10.6 Å². The number of nitrogens with two attached hydrogens (primary N) is 1. The molecule has 88 valence electrons. The smallest absolute Gasteiger partial charge is 0.0923 e. The first-order valence-corrected chi connectivity index (χ1v) is 5.59. The number of amidine groups is 1. The fourth-order valence-electron chi connectivity index (χ4n) is 1.50. The number of anilines is 1. The van der Waals surface area contributed by atoms with E-state index in [0.717, 1.165) is 5.69 Å². The van der Waals surface area contributed by atoms with Crippen LogP contribution in [-0.2, 0) is 0 Å². The zero-order valence-corrected chi connectivity index (χ0v) is 10.3. The molecule has 0 aromatic carbocycles. The Kier molecular flexibility index (Phi) is 4.55. The molecule has 0 aliphatic heterocycles. The van der Waals surface area contributed by atoms with Crippen molar-refractivity contribution in [3.63, 3.8) is 0 Å². The Labute approximate surface area is 101 Å². The van der Waals surface area contributed by atoms with Crippen molar-refractivity contribution in [2.45, 2.75) is 26.3 Å². The van der Waals surface area contributed by atoms with Gasteiger partial charge in [-0.2, -0.15) is 0 Å². The van der Waals surface area contributed by atoms with E-state index in [4.69, 9.17) is 22.7 Å². The van der Waals surface area contributed by atoms with Crippen LogP contribution >= 0.6 is 11.6 Å². The van der Waals surface area contributed by atoms with Gasteiger partial charge in [0.15, 0.2) is 0 Å². The zero-order chi connectivity index (χ0) is 12.1. The highest BCUT2D eigenvalue weighted by Crippen LogP contribution is 2.25. The first kappa shape index (κ1) is 12.8. The maximum Gasteiger partial charge on any atom is 0.0923 e. The van der Waals surface area contributed by atoms with Crippen molar-refractivity contribution in [2.75, 3.05) is 11.4 Å². The van der Waals surface area contributed by atoms with E-state index in [1.54, 1.807) is 12.4 Å². The van der Waals surface area contributed by atoms with Crippen molar-refractivity contribution in [3.8, 4) is 0 Å². The molecule has 0 atom stereocenters. The third-order valence-corrected chi connectivity index (χ3v) is 2.60. The molecule has 16 heavy (non-hydrogen) atoms. The van der Waals surface area contributed by atoms with Crippen LogP contribution in [-0.4, -0.2) is 23.4 Å². The average molecular weight is 241 g/mol. The Bertz CT molecular complexity index is 365. The second-order valence-corrected chi connectivity index (χ2v) is 4.30. The highest BCUT2D eigenvalue weighted by molar-refractivity contribution is 6.33. The van der Waals surface area contributed by atoms with Gasteiger partial charge in [-0.25, -0.2) is 0 Å². The SMILES string of the molecule is CC(C)N(CCC(=N)N)c1ccncc1Cl. The molecule has 0 spiro atoms. The summed E-state index contributed by atoms with van der Waals surface area (Å²) in [6.45, 7) is 4.85. The molecule has 4 nitrogen and oxygen atoms in total. The Balaban J connectivity index is 2.85. The number of nitrogens with one attached hydrogen (secondary N) is 1. The predicted molar refractivity (Wildman–Crippen MR) is 68.3 cm³/mol. The topological polar surface area (TPSA) is 66.0 Å².